The third kappa shape index (κ3) is 4.27. The van der Waals surface area contributed by atoms with Gasteiger partial charge in [0.15, 0.2) is 0 Å². The zero-order chi connectivity index (χ0) is 24.5. The van der Waals surface area contributed by atoms with Gasteiger partial charge in [-0.2, -0.15) is 10.4 Å². The van der Waals surface area contributed by atoms with Crippen LogP contribution in [0.3, 0.4) is 0 Å². The molecule has 3 heterocycles. The fourth-order valence-corrected chi connectivity index (χ4v) is 5.20. The number of benzene rings is 2. The number of carboxylic acid groups (broad SMARTS) is 1. The van der Waals surface area contributed by atoms with Crippen LogP contribution in [0.25, 0.3) is 10.9 Å². The summed E-state index contributed by atoms with van der Waals surface area (Å²) in [4.78, 5) is 17.2. The molecule has 0 amide bonds. The summed E-state index contributed by atoms with van der Waals surface area (Å²) in [6.45, 7) is 3.59. The van der Waals surface area contributed by atoms with Gasteiger partial charge in [-0.3, -0.25) is 9.58 Å². The Hall–Kier alpha value is -4.09. The maximum absolute atomic E-state index is 11.4. The van der Waals surface area contributed by atoms with Crippen LogP contribution in [0.4, 0.5) is 0 Å². The van der Waals surface area contributed by atoms with Gasteiger partial charge in [0.2, 0.25) is 0 Å². The molecule has 4 aromatic rings. The summed E-state index contributed by atoms with van der Waals surface area (Å²) >= 11 is 0. The first-order valence-electron chi connectivity index (χ1n) is 11.6. The van der Waals surface area contributed by atoms with Crippen LogP contribution in [-0.2, 0) is 6.54 Å². The summed E-state index contributed by atoms with van der Waals surface area (Å²) in [5, 5.41) is 24.1. The number of hydrogen-bond donors (Lipinski definition) is 2. The summed E-state index contributed by atoms with van der Waals surface area (Å²) < 4.78 is 7.68. The topological polar surface area (TPSA) is 107 Å². The Morgan fingerprint density at radius 1 is 1.31 bits per heavy atom. The number of H-pyrrole nitrogens is 1. The molecule has 5 rings (SSSR count). The van der Waals surface area contributed by atoms with E-state index in [1.165, 1.54) is 0 Å². The van der Waals surface area contributed by atoms with E-state index in [0.717, 1.165) is 52.7 Å². The summed E-state index contributed by atoms with van der Waals surface area (Å²) in [6.07, 6.45) is 7.05. The number of nitrogens with one attached hydrogen (secondary N) is 1. The van der Waals surface area contributed by atoms with Crippen molar-refractivity contribution < 1.29 is 14.6 Å². The van der Waals surface area contributed by atoms with Gasteiger partial charge in [0.1, 0.15) is 11.8 Å². The first-order valence-corrected chi connectivity index (χ1v) is 11.6. The van der Waals surface area contributed by atoms with Crippen LogP contribution in [0.2, 0.25) is 0 Å². The smallest absolute Gasteiger partial charge is 0.335 e. The number of hydrogen-bond acceptors (Lipinski definition) is 5. The van der Waals surface area contributed by atoms with Gasteiger partial charge in [-0.1, -0.05) is 12.1 Å². The average molecular weight is 470 g/mol. The summed E-state index contributed by atoms with van der Waals surface area (Å²) in [5.41, 5.74) is 5.26. The fourth-order valence-electron chi connectivity index (χ4n) is 5.20. The monoisotopic (exact) mass is 469 g/mol. The maximum Gasteiger partial charge on any atom is 0.335 e. The number of nitrogens with zero attached hydrogens (tertiary/aromatic N) is 4. The highest BCUT2D eigenvalue weighted by Crippen LogP contribution is 2.40. The number of aryl methyl sites for hydroxylation is 1. The molecule has 8 heteroatoms. The normalized spacial score (nSPS) is 18.4. The van der Waals surface area contributed by atoms with Crippen LogP contribution in [0.1, 0.15) is 57.5 Å². The van der Waals surface area contributed by atoms with E-state index in [2.05, 4.69) is 40.1 Å². The molecule has 0 unspecified atom stereocenters. The molecule has 35 heavy (non-hydrogen) atoms. The number of carboxylic acids is 1. The lowest BCUT2D eigenvalue weighted by molar-refractivity contribution is 0.0696. The van der Waals surface area contributed by atoms with Crippen LogP contribution in [0.5, 0.6) is 5.75 Å². The van der Waals surface area contributed by atoms with Gasteiger partial charge in [-0.25, -0.2) is 4.79 Å². The quantitative estimate of drug-likeness (QED) is 0.419. The van der Waals surface area contributed by atoms with Gasteiger partial charge < -0.3 is 14.8 Å². The van der Waals surface area contributed by atoms with Crippen molar-refractivity contribution in [3.8, 4) is 11.8 Å². The van der Waals surface area contributed by atoms with E-state index in [0.29, 0.717) is 12.1 Å². The van der Waals surface area contributed by atoms with Crippen molar-refractivity contribution in [2.75, 3.05) is 13.7 Å². The van der Waals surface area contributed by atoms with E-state index in [-0.39, 0.29) is 17.6 Å². The number of aromatic carboxylic acids is 1. The van der Waals surface area contributed by atoms with E-state index in [9.17, 15) is 15.2 Å². The Morgan fingerprint density at radius 3 is 2.80 bits per heavy atom. The fraction of sp³-hybridized carbons (Fsp3) is 0.296. The molecule has 1 aliphatic rings. The molecular weight excluding hydrogens is 442 g/mol. The van der Waals surface area contributed by atoms with Crippen molar-refractivity contribution in [2.24, 2.45) is 0 Å². The van der Waals surface area contributed by atoms with Crippen LogP contribution in [0.15, 0.2) is 55.0 Å². The molecule has 0 radical (unpaired) electrons. The van der Waals surface area contributed by atoms with Crippen LogP contribution in [0, 0.1) is 18.3 Å². The molecule has 2 atom stereocenters. The number of methoxy groups -OCH3 is 1. The predicted octanol–water partition coefficient (Wildman–Crippen LogP) is 4.83. The maximum atomic E-state index is 11.4. The molecule has 1 fully saturated rings. The number of ether oxygens (including phenoxy) is 1. The molecular formula is C27H27N5O3. The number of fused-ring (bicyclic) bond motifs is 1. The van der Waals surface area contributed by atoms with E-state index in [1.54, 1.807) is 31.6 Å². The second kappa shape index (κ2) is 9.28. The van der Waals surface area contributed by atoms with E-state index >= 15 is 0 Å². The zero-order valence-electron chi connectivity index (χ0n) is 19.7. The first-order chi connectivity index (χ1) is 17.0. The highest BCUT2D eigenvalue weighted by atomic mass is 16.5. The number of aromatic nitrogens is 3. The number of rotatable bonds is 6. The molecule has 8 nitrogen and oxygen atoms in total. The lowest BCUT2D eigenvalue weighted by atomic mass is 9.90. The molecule has 2 N–H and O–H groups in total. The molecule has 0 aliphatic carbocycles. The second-order valence-electron chi connectivity index (χ2n) is 9.05. The molecule has 0 saturated carbocycles. The third-order valence-electron chi connectivity index (χ3n) is 7.03. The molecule has 1 saturated heterocycles. The third-order valence-corrected chi connectivity index (χ3v) is 7.03. The van der Waals surface area contributed by atoms with Gasteiger partial charge in [0, 0.05) is 48.0 Å². The molecule has 0 bridgehead atoms. The van der Waals surface area contributed by atoms with Crippen LogP contribution >= 0.6 is 0 Å². The average Bonchev–Trinajstić information content (AvgIpc) is 3.56. The predicted molar refractivity (Wildman–Crippen MR) is 131 cm³/mol. The van der Waals surface area contributed by atoms with E-state index < -0.39 is 5.97 Å². The molecule has 2 aromatic carbocycles. The molecule has 178 valence electrons. The Kier molecular flexibility index (Phi) is 6.01. The van der Waals surface area contributed by atoms with Crippen LogP contribution in [-0.4, -0.2) is 44.4 Å². The molecule has 1 aliphatic heterocycles. The minimum atomic E-state index is -0.935. The summed E-state index contributed by atoms with van der Waals surface area (Å²) in [5.74, 6) is -0.0721. The largest absolute Gasteiger partial charge is 0.496 e. The Bertz CT molecular complexity index is 1410. The molecule has 0 spiro atoms. The minimum Gasteiger partial charge on any atom is -0.496 e. The number of carbonyl (C=O) groups is 1. The Morgan fingerprint density at radius 2 is 2.11 bits per heavy atom. The lowest BCUT2D eigenvalue weighted by Gasteiger charge is -2.40. The van der Waals surface area contributed by atoms with Crippen molar-refractivity contribution in [1.29, 1.82) is 5.26 Å². The SMILES string of the molecule is COc1cc(C)c2[nH]ccc2c1CN1CC[C@H](n2cc(C#N)cn2)C[C@H]1c1ccc(C(=O)O)cc1. The van der Waals surface area contributed by atoms with Crippen molar-refractivity contribution >= 4 is 16.9 Å². The van der Waals surface area contributed by atoms with Crippen molar-refractivity contribution in [2.45, 2.75) is 38.4 Å². The van der Waals surface area contributed by atoms with Crippen molar-refractivity contribution in [3.63, 3.8) is 0 Å². The Labute approximate surface area is 203 Å². The van der Waals surface area contributed by atoms with Gasteiger partial charge in [0.25, 0.3) is 0 Å². The highest BCUT2D eigenvalue weighted by Gasteiger charge is 2.32. The highest BCUT2D eigenvalue weighted by molar-refractivity contribution is 5.88. The molecule has 2 aromatic heterocycles. The zero-order valence-corrected chi connectivity index (χ0v) is 19.7. The minimum absolute atomic E-state index is 0.0475. The first kappa shape index (κ1) is 22.7. The summed E-state index contributed by atoms with van der Waals surface area (Å²) in [6, 6.07) is 13.7. The number of piperidine rings is 1. The van der Waals surface area contributed by atoms with E-state index in [1.807, 2.05) is 23.0 Å². The van der Waals surface area contributed by atoms with Gasteiger partial charge in [-0.05, 0) is 55.2 Å². The number of aromatic amines is 1. The van der Waals surface area contributed by atoms with Crippen molar-refractivity contribution in [1.82, 2.24) is 19.7 Å². The van der Waals surface area contributed by atoms with Gasteiger partial charge in [-0.15, -0.1) is 0 Å². The Balaban J connectivity index is 1.51. The number of likely N-dealkylation sites (tertiary alicyclic amines) is 1. The lowest BCUT2D eigenvalue weighted by Crippen LogP contribution is -2.37. The van der Waals surface area contributed by atoms with Crippen molar-refractivity contribution in [3.05, 3.63) is 82.8 Å². The summed E-state index contributed by atoms with van der Waals surface area (Å²) in [7, 11) is 1.70. The van der Waals surface area contributed by atoms with Gasteiger partial charge >= 0.3 is 5.97 Å². The van der Waals surface area contributed by atoms with Gasteiger partial charge in [0.05, 0.1) is 30.5 Å². The number of nitriles is 1. The standard InChI is InChI=1S/C27H27N5O3/c1-17-11-25(35-2)23(22-7-9-29-26(17)22)16-31-10-8-21(32-15-18(13-28)14-30-32)12-24(31)19-3-5-20(6-4-19)27(33)34/h3-7,9,11,14-15,21,24,29H,8,10,12,16H2,1-2H3,(H,33,34)/t21-,24-/m0/s1. The second-order valence-corrected chi connectivity index (χ2v) is 9.05. The van der Waals surface area contributed by atoms with E-state index in [4.69, 9.17) is 4.74 Å². The van der Waals surface area contributed by atoms with Crippen LogP contribution < -0.4 is 4.74 Å².